The zero-order chi connectivity index (χ0) is 14.8. The average molecular weight is 289 g/mol. The molecule has 4 nitrogen and oxygen atoms in total. The van der Waals surface area contributed by atoms with E-state index >= 15 is 0 Å². The third-order valence-electron chi connectivity index (χ3n) is 3.20. The largest absolute Gasteiger partial charge is 0.381 e. The lowest BCUT2D eigenvalue weighted by atomic mass is 10.1. The molecule has 1 heterocycles. The summed E-state index contributed by atoms with van der Waals surface area (Å²) in [7, 11) is 0. The molecule has 1 aliphatic rings. The molecule has 0 bridgehead atoms. The van der Waals surface area contributed by atoms with Gasteiger partial charge in [0.1, 0.15) is 17.7 Å². The molecule has 2 aromatic rings. The van der Waals surface area contributed by atoms with Crippen LogP contribution in [0.5, 0.6) is 0 Å². The number of hydrogen-bond donors (Lipinski definition) is 3. The monoisotopic (exact) mass is 289 g/mol. The zero-order valence-electron chi connectivity index (χ0n) is 11.0. The van der Waals surface area contributed by atoms with E-state index in [4.69, 9.17) is 0 Å². The Kier molecular flexibility index (Phi) is 3.43. The van der Waals surface area contributed by atoms with Gasteiger partial charge in [-0.25, -0.2) is 8.78 Å². The van der Waals surface area contributed by atoms with Crippen molar-refractivity contribution in [3.8, 4) is 0 Å². The van der Waals surface area contributed by atoms with Crippen molar-refractivity contribution >= 4 is 23.0 Å². The number of nitrogens with one attached hydrogen (secondary N) is 3. The van der Waals surface area contributed by atoms with Gasteiger partial charge in [0, 0.05) is 18.3 Å². The van der Waals surface area contributed by atoms with Gasteiger partial charge in [0.2, 0.25) is 5.91 Å². The lowest BCUT2D eigenvalue weighted by Gasteiger charge is -2.27. The van der Waals surface area contributed by atoms with E-state index in [1.54, 1.807) is 0 Å². The van der Waals surface area contributed by atoms with Crippen molar-refractivity contribution in [1.29, 1.82) is 0 Å². The maximum atomic E-state index is 13.1. The van der Waals surface area contributed by atoms with Gasteiger partial charge in [-0.2, -0.15) is 0 Å². The fraction of sp³-hybridized carbons (Fsp3) is 0.133. The highest BCUT2D eigenvalue weighted by Gasteiger charge is 2.23. The smallest absolute Gasteiger partial charge is 0.248 e. The highest BCUT2D eigenvalue weighted by Crippen LogP contribution is 2.25. The average Bonchev–Trinajstić information content (AvgIpc) is 2.45. The molecule has 0 fully saturated rings. The summed E-state index contributed by atoms with van der Waals surface area (Å²) in [5, 5.41) is 8.72. The number of benzene rings is 2. The summed E-state index contributed by atoms with van der Waals surface area (Å²) in [4.78, 5) is 12.1. The van der Waals surface area contributed by atoms with Crippen LogP contribution >= 0.6 is 0 Å². The van der Waals surface area contributed by atoms with E-state index in [1.807, 2.05) is 24.3 Å². The minimum Gasteiger partial charge on any atom is -0.381 e. The Bertz CT molecular complexity index is 670. The molecule has 1 atom stereocenters. The topological polar surface area (TPSA) is 53.2 Å². The summed E-state index contributed by atoms with van der Waals surface area (Å²) in [6.45, 7) is 0.390. The Labute approximate surface area is 120 Å². The van der Waals surface area contributed by atoms with E-state index in [0.29, 0.717) is 6.54 Å². The molecule has 1 unspecified atom stereocenters. The number of amides is 1. The highest BCUT2D eigenvalue weighted by atomic mass is 19.1. The van der Waals surface area contributed by atoms with Crippen molar-refractivity contribution < 1.29 is 13.6 Å². The molecular weight excluding hydrogens is 276 g/mol. The van der Waals surface area contributed by atoms with E-state index in [2.05, 4.69) is 16.0 Å². The normalized spacial score (nSPS) is 16.4. The van der Waals surface area contributed by atoms with E-state index in [-0.39, 0.29) is 11.6 Å². The van der Waals surface area contributed by atoms with Crippen LogP contribution in [0.4, 0.5) is 25.8 Å². The molecular formula is C15H13F2N3O. The first kappa shape index (κ1) is 13.4. The van der Waals surface area contributed by atoms with E-state index in [0.717, 1.165) is 29.6 Å². The van der Waals surface area contributed by atoms with E-state index in [9.17, 15) is 13.6 Å². The number of halogens is 2. The first-order valence-electron chi connectivity index (χ1n) is 6.48. The lowest BCUT2D eigenvalue weighted by Crippen LogP contribution is -2.42. The van der Waals surface area contributed by atoms with Crippen LogP contribution in [0.15, 0.2) is 42.5 Å². The second-order valence-corrected chi connectivity index (χ2v) is 4.77. The van der Waals surface area contributed by atoms with Gasteiger partial charge in [-0.1, -0.05) is 12.1 Å². The van der Waals surface area contributed by atoms with Gasteiger partial charge in [-0.3, -0.25) is 4.79 Å². The molecule has 3 N–H and O–H groups in total. The molecule has 1 aliphatic heterocycles. The predicted molar refractivity (Wildman–Crippen MR) is 77.3 cm³/mol. The minimum absolute atomic E-state index is 0.0955. The maximum Gasteiger partial charge on any atom is 0.248 e. The van der Waals surface area contributed by atoms with Crippen LogP contribution in [-0.2, 0) is 4.79 Å². The van der Waals surface area contributed by atoms with Gasteiger partial charge in [-0.05, 0) is 24.3 Å². The van der Waals surface area contributed by atoms with Crippen LogP contribution in [0, 0.1) is 11.6 Å². The Morgan fingerprint density at radius 1 is 1.10 bits per heavy atom. The van der Waals surface area contributed by atoms with E-state index < -0.39 is 17.7 Å². The van der Waals surface area contributed by atoms with E-state index in [1.165, 1.54) is 0 Å². The van der Waals surface area contributed by atoms with Gasteiger partial charge in [0.25, 0.3) is 0 Å². The van der Waals surface area contributed by atoms with Gasteiger partial charge < -0.3 is 16.0 Å². The SMILES string of the molecule is O=C(Nc1cc(F)cc(F)c1)C1CNc2ccccc2N1. The Balaban J connectivity index is 1.72. The fourth-order valence-corrected chi connectivity index (χ4v) is 2.23. The summed E-state index contributed by atoms with van der Waals surface area (Å²) < 4.78 is 26.2. The number of anilines is 3. The Morgan fingerprint density at radius 2 is 1.76 bits per heavy atom. The zero-order valence-corrected chi connectivity index (χ0v) is 11.0. The van der Waals surface area contributed by atoms with Crippen molar-refractivity contribution in [3.63, 3.8) is 0 Å². The Hall–Kier alpha value is -2.63. The molecule has 0 aliphatic carbocycles. The van der Waals surface area contributed by atoms with Crippen molar-refractivity contribution in [2.45, 2.75) is 6.04 Å². The van der Waals surface area contributed by atoms with Gasteiger partial charge in [-0.15, -0.1) is 0 Å². The first-order chi connectivity index (χ1) is 10.1. The number of para-hydroxylation sites is 2. The fourth-order valence-electron chi connectivity index (χ4n) is 2.23. The van der Waals surface area contributed by atoms with Gasteiger partial charge in [0.15, 0.2) is 0 Å². The van der Waals surface area contributed by atoms with Crippen LogP contribution in [0.2, 0.25) is 0 Å². The second kappa shape index (κ2) is 5.40. The molecule has 0 saturated carbocycles. The Morgan fingerprint density at radius 3 is 2.48 bits per heavy atom. The molecule has 0 aromatic heterocycles. The van der Waals surface area contributed by atoms with Crippen LogP contribution < -0.4 is 16.0 Å². The van der Waals surface area contributed by atoms with Crippen LogP contribution in [0.25, 0.3) is 0 Å². The lowest BCUT2D eigenvalue weighted by molar-refractivity contribution is -0.116. The summed E-state index contributed by atoms with van der Waals surface area (Å²) in [6, 6.07) is 9.88. The van der Waals surface area contributed by atoms with Crippen molar-refractivity contribution in [2.75, 3.05) is 22.5 Å². The molecule has 0 radical (unpaired) electrons. The third-order valence-corrected chi connectivity index (χ3v) is 3.20. The van der Waals surface area contributed by atoms with Gasteiger partial charge in [0.05, 0.1) is 11.4 Å². The number of hydrogen-bond acceptors (Lipinski definition) is 3. The standard InChI is InChI=1S/C15H13F2N3O/c16-9-5-10(17)7-11(6-9)19-15(21)14-8-18-12-3-1-2-4-13(12)20-14/h1-7,14,18,20H,8H2,(H,19,21). The molecule has 2 aromatic carbocycles. The third kappa shape index (κ3) is 2.94. The van der Waals surface area contributed by atoms with Crippen molar-refractivity contribution in [2.24, 2.45) is 0 Å². The summed E-state index contributed by atoms with van der Waals surface area (Å²) in [5.41, 5.74) is 1.82. The van der Waals surface area contributed by atoms with Crippen LogP contribution in [-0.4, -0.2) is 18.5 Å². The summed E-state index contributed by atoms with van der Waals surface area (Å²) >= 11 is 0. The van der Waals surface area contributed by atoms with Crippen molar-refractivity contribution in [1.82, 2.24) is 0 Å². The highest BCUT2D eigenvalue weighted by molar-refractivity contribution is 5.98. The number of carbonyl (C=O) groups is 1. The maximum absolute atomic E-state index is 13.1. The van der Waals surface area contributed by atoms with Crippen molar-refractivity contribution in [3.05, 3.63) is 54.1 Å². The number of carbonyl (C=O) groups excluding carboxylic acids is 1. The molecule has 6 heteroatoms. The number of rotatable bonds is 2. The molecule has 3 rings (SSSR count). The number of fused-ring (bicyclic) bond motifs is 1. The quantitative estimate of drug-likeness (QED) is 0.797. The van der Waals surface area contributed by atoms with Crippen LogP contribution in [0.3, 0.4) is 0 Å². The molecule has 1 amide bonds. The molecule has 21 heavy (non-hydrogen) atoms. The molecule has 0 saturated heterocycles. The second-order valence-electron chi connectivity index (χ2n) is 4.77. The molecule has 0 spiro atoms. The predicted octanol–water partition coefficient (Wildman–Crippen LogP) is 2.81. The minimum atomic E-state index is -0.731. The summed E-state index contributed by atoms with van der Waals surface area (Å²) in [6.07, 6.45) is 0. The van der Waals surface area contributed by atoms with Crippen LogP contribution in [0.1, 0.15) is 0 Å². The molecule has 108 valence electrons. The summed E-state index contributed by atoms with van der Waals surface area (Å²) in [5.74, 6) is -1.82. The van der Waals surface area contributed by atoms with Gasteiger partial charge >= 0.3 is 0 Å². The first-order valence-corrected chi connectivity index (χ1v) is 6.48.